The Bertz CT molecular complexity index is 809. The Labute approximate surface area is 125 Å². The molecule has 0 unspecified atom stereocenters. The maximum Gasteiger partial charge on any atom is 0.310 e. The summed E-state index contributed by atoms with van der Waals surface area (Å²) in [5.41, 5.74) is 0. The van der Waals surface area contributed by atoms with Crippen molar-refractivity contribution in [2.75, 3.05) is 0 Å². The highest BCUT2D eigenvalue weighted by Crippen LogP contribution is 2.39. The first-order chi connectivity index (χ1) is 9.70. The van der Waals surface area contributed by atoms with Gasteiger partial charge in [0.25, 0.3) is 0 Å². The lowest BCUT2D eigenvalue weighted by Crippen LogP contribution is -2.06. The lowest BCUT2D eigenvalue weighted by Gasteiger charge is -2.12. The molecule has 100 valence electrons. The Kier molecular flexibility index (Phi) is 3.45. The smallest absolute Gasteiger partial charge is 0.310 e. The first kappa shape index (κ1) is 13.1. The van der Waals surface area contributed by atoms with Crippen molar-refractivity contribution in [2.24, 2.45) is 0 Å². The van der Waals surface area contributed by atoms with Gasteiger partial charge in [-0.1, -0.05) is 59.3 Å². The number of ether oxygens (including phenoxy) is 1. The van der Waals surface area contributed by atoms with Crippen molar-refractivity contribution in [1.29, 1.82) is 0 Å². The maximum atomic E-state index is 11.7. The zero-order valence-corrected chi connectivity index (χ0v) is 12.6. The molecule has 0 amide bonds. The summed E-state index contributed by atoms with van der Waals surface area (Å²) in [5, 5.41) is 4.01. The fraction of sp³-hybridized carbons (Fsp3) is 0.118. The van der Waals surface area contributed by atoms with Crippen LogP contribution in [-0.2, 0) is 4.79 Å². The molecule has 0 atom stereocenters. The molecule has 0 bridgehead atoms. The van der Waals surface area contributed by atoms with Crippen molar-refractivity contribution < 1.29 is 9.53 Å². The molecule has 0 saturated carbocycles. The third-order valence-corrected chi connectivity index (χ3v) is 3.95. The number of fused-ring (bicyclic) bond motifs is 2. The summed E-state index contributed by atoms with van der Waals surface area (Å²) in [6.07, 6.45) is 0.356. The number of rotatable bonds is 2. The lowest BCUT2D eigenvalue weighted by molar-refractivity contribution is -0.133. The van der Waals surface area contributed by atoms with Crippen LogP contribution in [0.25, 0.3) is 21.5 Å². The molecule has 3 aromatic carbocycles. The van der Waals surface area contributed by atoms with Crippen LogP contribution in [0.4, 0.5) is 0 Å². The van der Waals surface area contributed by atoms with Gasteiger partial charge >= 0.3 is 5.97 Å². The first-order valence-electron chi connectivity index (χ1n) is 6.51. The van der Waals surface area contributed by atoms with Crippen LogP contribution < -0.4 is 4.74 Å². The van der Waals surface area contributed by atoms with Gasteiger partial charge in [-0.3, -0.25) is 4.79 Å². The Morgan fingerprint density at radius 1 is 1.10 bits per heavy atom. The highest BCUT2D eigenvalue weighted by molar-refractivity contribution is 9.10. The summed E-state index contributed by atoms with van der Waals surface area (Å²) in [7, 11) is 0. The number of hydrogen-bond acceptors (Lipinski definition) is 2. The summed E-state index contributed by atoms with van der Waals surface area (Å²) in [4.78, 5) is 11.7. The van der Waals surface area contributed by atoms with E-state index in [9.17, 15) is 4.79 Å². The van der Waals surface area contributed by atoms with E-state index in [2.05, 4.69) is 22.0 Å². The molecule has 0 aliphatic carbocycles. The molecule has 0 aliphatic heterocycles. The fourth-order valence-electron chi connectivity index (χ4n) is 2.32. The van der Waals surface area contributed by atoms with Gasteiger partial charge < -0.3 is 4.74 Å². The molecule has 0 heterocycles. The van der Waals surface area contributed by atoms with Crippen molar-refractivity contribution >= 4 is 43.4 Å². The number of carbonyl (C=O) groups excluding carboxylic acids is 1. The van der Waals surface area contributed by atoms with Crippen LogP contribution in [0.3, 0.4) is 0 Å². The molecule has 20 heavy (non-hydrogen) atoms. The number of carbonyl (C=O) groups is 1. The van der Waals surface area contributed by atoms with E-state index in [0.29, 0.717) is 12.2 Å². The average molecular weight is 329 g/mol. The van der Waals surface area contributed by atoms with E-state index in [1.807, 2.05) is 42.5 Å². The topological polar surface area (TPSA) is 26.3 Å². The van der Waals surface area contributed by atoms with E-state index >= 15 is 0 Å². The Morgan fingerprint density at radius 2 is 1.85 bits per heavy atom. The van der Waals surface area contributed by atoms with E-state index in [4.69, 9.17) is 4.74 Å². The Hall–Kier alpha value is -1.87. The first-order valence-corrected chi connectivity index (χ1v) is 7.30. The zero-order valence-electron chi connectivity index (χ0n) is 11.0. The molecule has 0 aliphatic rings. The third-order valence-electron chi connectivity index (χ3n) is 3.29. The number of esters is 1. The second-order valence-corrected chi connectivity index (χ2v) is 5.45. The quantitative estimate of drug-likeness (QED) is 0.373. The van der Waals surface area contributed by atoms with Crippen molar-refractivity contribution in [3.05, 3.63) is 53.0 Å². The summed E-state index contributed by atoms with van der Waals surface area (Å²) in [5.74, 6) is 0.413. The van der Waals surface area contributed by atoms with E-state index in [1.54, 1.807) is 6.92 Å². The third kappa shape index (κ3) is 2.18. The lowest BCUT2D eigenvalue weighted by atomic mass is 10.0. The predicted octanol–water partition coefficient (Wildman–Crippen LogP) is 5.07. The molecule has 0 saturated heterocycles. The molecule has 2 nitrogen and oxygen atoms in total. The monoisotopic (exact) mass is 328 g/mol. The van der Waals surface area contributed by atoms with Gasteiger partial charge in [0, 0.05) is 21.7 Å². The second kappa shape index (κ2) is 5.25. The van der Waals surface area contributed by atoms with Crippen molar-refractivity contribution in [2.45, 2.75) is 13.3 Å². The molecule has 0 aromatic heterocycles. The SMILES string of the molecule is CCC(=O)Oc1c2ccccc2cc2cccc(Br)c12. The summed E-state index contributed by atoms with van der Waals surface area (Å²) >= 11 is 3.55. The molecule has 0 spiro atoms. The largest absolute Gasteiger partial charge is 0.425 e. The molecule has 3 aromatic rings. The van der Waals surface area contributed by atoms with Crippen molar-refractivity contribution in [3.8, 4) is 5.75 Å². The Morgan fingerprint density at radius 3 is 2.65 bits per heavy atom. The molecule has 3 heteroatoms. The van der Waals surface area contributed by atoms with Gasteiger partial charge in [0.1, 0.15) is 5.75 Å². The van der Waals surface area contributed by atoms with Crippen LogP contribution >= 0.6 is 15.9 Å². The summed E-state index contributed by atoms with van der Waals surface area (Å²) < 4.78 is 6.53. The van der Waals surface area contributed by atoms with Crippen LogP contribution in [0.15, 0.2) is 53.0 Å². The molecule has 0 N–H and O–H groups in total. The number of hydrogen-bond donors (Lipinski definition) is 0. The minimum Gasteiger partial charge on any atom is -0.425 e. The maximum absolute atomic E-state index is 11.7. The van der Waals surface area contributed by atoms with E-state index in [0.717, 1.165) is 26.0 Å². The minimum atomic E-state index is -0.224. The average Bonchev–Trinajstić information content (AvgIpc) is 2.47. The predicted molar refractivity (Wildman–Crippen MR) is 85.1 cm³/mol. The van der Waals surface area contributed by atoms with Gasteiger partial charge in [-0.25, -0.2) is 0 Å². The normalized spacial score (nSPS) is 10.9. The van der Waals surface area contributed by atoms with Gasteiger partial charge in [-0.05, 0) is 22.9 Å². The number of halogens is 1. The van der Waals surface area contributed by atoms with Gasteiger partial charge in [0.2, 0.25) is 0 Å². The van der Waals surface area contributed by atoms with Gasteiger partial charge in [0.15, 0.2) is 0 Å². The van der Waals surface area contributed by atoms with Gasteiger partial charge in [-0.15, -0.1) is 0 Å². The van der Waals surface area contributed by atoms with E-state index in [1.165, 1.54) is 0 Å². The summed E-state index contributed by atoms with van der Waals surface area (Å²) in [6, 6.07) is 16.0. The molecule has 0 fully saturated rings. The molecule has 0 radical (unpaired) electrons. The molecular weight excluding hydrogens is 316 g/mol. The molecule has 3 rings (SSSR count). The number of benzene rings is 3. The standard InChI is InChI=1S/C17H13BrO2/c1-2-15(19)20-17-13-8-4-3-6-11(13)10-12-7-5-9-14(18)16(12)17/h3-10H,2H2,1H3. The van der Waals surface area contributed by atoms with Crippen molar-refractivity contribution in [3.63, 3.8) is 0 Å². The van der Waals surface area contributed by atoms with E-state index < -0.39 is 0 Å². The van der Waals surface area contributed by atoms with E-state index in [-0.39, 0.29) is 5.97 Å². The van der Waals surface area contributed by atoms with Crippen LogP contribution in [0, 0.1) is 0 Å². The fourth-order valence-corrected chi connectivity index (χ4v) is 2.89. The Balaban J connectivity index is 2.41. The second-order valence-electron chi connectivity index (χ2n) is 4.59. The highest BCUT2D eigenvalue weighted by atomic mass is 79.9. The van der Waals surface area contributed by atoms with Crippen LogP contribution in [0.5, 0.6) is 5.75 Å². The van der Waals surface area contributed by atoms with Crippen LogP contribution in [0.1, 0.15) is 13.3 Å². The van der Waals surface area contributed by atoms with Crippen molar-refractivity contribution in [1.82, 2.24) is 0 Å². The van der Waals surface area contributed by atoms with Gasteiger partial charge in [-0.2, -0.15) is 0 Å². The van der Waals surface area contributed by atoms with Gasteiger partial charge in [0.05, 0.1) is 0 Å². The van der Waals surface area contributed by atoms with Crippen LogP contribution in [0.2, 0.25) is 0 Å². The van der Waals surface area contributed by atoms with Crippen LogP contribution in [-0.4, -0.2) is 5.97 Å². The minimum absolute atomic E-state index is 0.224. The molecular formula is C17H13BrO2. The summed E-state index contributed by atoms with van der Waals surface area (Å²) in [6.45, 7) is 1.80. The zero-order chi connectivity index (χ0) is 14.1. The highest BCUT2D eigenvalue weighted by Gasteiger charge is 2.13.